The highest BCUT2D eigenvalue weighted by Crippen LogP contribution is 2.20. The minimum atomic E-state index is -1.33. The molecule has 0 saturated carbocycles. The van der Waals surface area contributed by atoms with Crippen molar-refractivity contribution in [2.24, 2.45) is 0 Å². The van der Waals surface area contributed by atoms with Crippen LogP contribution < -0.4 is 0 Å². The molecule has 1 heterocycles. The fourth-order valence-electron chi connectivity index (χ4n) is 1.06. The zero-order valence-electron chi connectivity index (χ0n) is 8.18. The molecule has 0 bridgehead atoms. The summed E-state index contributed by atoms with van der Waals surface area (Å²) in [4.78, 5) is 3.89. The Balaban J connectivity index is 2.56. The van der Waals surface area contributed by atoms with E-state index in [1.54, 1.807) is 31.5 Å². The van der Waals surface area contributed by atoms with Crippen molar-refractivity contribution in [1.29, 1.82) is 0 Å². The fraction of sp³-hybridized carbons (Fsp3) is 0.500. The van der Waals surface area contributed by atoms with Crippen LogP contribution in [-0.2, 0) is 10.5 Å². The van der Waals surface area contributed by atoms with E-state index >= 15 is 0 Å². The van der Waals surface area contributed by atoms with E-state index in [0.717, 1.165) is 0 Å². The van der Waals surface area contributed by atoms with Crippen molar-refractivity contribution in [3.63, 3.8) is 0 Å². The molecular weight excluding hydrogens is 182 g/mol. The number of hydrogen-bond acceptors (Lipinski definition) is 4. The van der Waals surface area contributed by atoms with Gasteiger partial charge >= 0.3 is 0 Å². The van der Waals surface area contributed by atoms with Gasteiger partial charge in [0.2, 0.25) is 0 Å². The summed E-state index contributed by atoms with van der Waals surface area (Å²) in [6, 6.07) is 3.48. The zero-order valence-corrected chi connectivity index (χ0v) is 8.18. The summed E-state index contributed by atoms with van der Waals surface area (Å²) in [5.41, 5.74) is 0.609. The molecule has 0 amide bonds. The van der Waals surface area contributed by atoms with Crippen LogP contribution >= 0.6 is 0 Å². The predicted octanol–water partition coefficient (Wildman–Crippen LogP) is 0.646. The van der Waals surface area contributed by atoms with Gasteiger partial charge in [-0.05, 0) is 19.4 Å². The molecule has 1 atom stereocenters. The van der Waals surface area contributed by atoms with E-state index < -0.39 is 5.79 Å². The van der Waals surface area contributed by atoms with Crippen LogP contribution in [0.5, 0.6) is 0 Å². The van der Waals surface area contributed by atoms with Gasteiger partial charge < -0.3 is 14.9 Å². The molecule has 0 aliphatic carbocycles. The molecule has 14 heavy (non-hydrogen) atoms. The maximum Gasteiger partial charge on any atom is 0.190 e. The maximum absolute atomic E-state index is 9.87. The lowest BCUT2D eigenvalue weighted by molar-refractivity contribution is -0.200. The lowest BCUT2D eigenvalue weighted by Crippen LogP contribution is -2.26. The Kier molecular flexibility index (Phi) is 4.00. The Bertz CT molecular complexity index is 261. The maximum atomic E-state index is 9.87. The predicted molar refractivity (Wildman–Crippen MR) is 51.5 cm³/mol. The smallest absolute Gasteiger partial charge is 0.190 e. The molecule has 1 aromatic heterocycles. The molecule has 1 unspecified atom stereocenters. The highest BCUT2D eigenvalue weighted by molar-refractivity contribution is 5.13. The molecule has 0 fully saturated rings. The van der Waals surface area contributed by atoms with Crippen molar-refractivity contribution in [2.45, 2.75) is 19.1 Å². The largest absolute Gasteiger partial charge is 0.396 e. The molecule has 0 radical (unpaired) electrons. The number of ether oxygens (including phenoxy) is 1. The number of hydrogen-bond donors (Lipinski definition) is 2. The molecule has 78 valence electrons. The van der Waals surface area contributed by atoms with E-state index in [1.165, 1.54) is 0 Å². The van der Waals surface area contributed by atoms with E-state index in [1.807, 2.05) is 0 Å². The van der Waals surface area contributed by atoms with E-state index in [2.05, 4.69) is 4.98 Å². The first-order valence-corrected chi connectivity index (χ1v) is 4.54. The third-order valence-corrected chi connectivity index (χ3v) is 1.88. The SMILES string of the molecule is CC(O)(OCCCO)c1cccnc1. The van der Waals surface area contributed by atoms with Crippen LogP contribution in [0, 0.1) is 0 Å². The first kappa shape index (κ1) is 11.1. The van der Waals surface area contributed by atoms with Crippen LogP contribution in [0.4, 0.5) is 0 Å². The van der Waals surface area contributed by atoms with Gasteiger partial charge in [0.05, 0.1) is 6.61 Å². The molecule has 0 aromatic carbocycles. The number of aromatic nitrogens is 1. The Hall–Kier alpha value is -0.970. The molecule has 1 aromatic rings. The number of pyridine rings is 1. The van der Waals surface area contributed by atoms with Gasteiger partial charge in [-0.3, -0.25) is 4.98 Å². The molecule has 0 spiro atoms. The standard InChI is InChI=1S/C10H15NO3/c1-10(13,14-7-3-6-12)9-4-2-5-11-8-9/h2,4-5,8,12-13H,3,6-7H2,1H3. The van der Waals surface area contributed by atoms with Gasteiger partial charge in [0, 0.05) is 24.6 Å². The van der Waals surface area contributed by atoms with E-state index in [0.29, 0.717) is 18.6 Å². The van der Waals surface area contributed by atoms with Crippen molar-refractivity contribution in [3.8, 4) is 0 Å². The fourth-order valence-corrected chi connectivity index (χ4v) is 1.06. The number of aliphatic hydroxyl groups excluding tert-OH is 1. The quantitative estimate of drug-likeness (QED) is 0.537. The van der Waals surface area contributed by atoms with Crippen molar-refractivity contribution >= 4 is 0 Å². The second-order valence-corrected chi connectivity index (χ2v) is 3.15. The molecule has 0 aliphatic rings. The third kappa shape index (κ3) is 3.06. The highest BCUT2D eigenvalue weighted by atomic mass is 16.6. The molecule has 4 heteroatoms. The van der Waals surface area contributed by atoms with Gasteiger partial charge in [-0.15, -0.1) is 0 Å². The molecule has 1 rings (SSSR count). The number of aliphatic hydroxyl groups is 2. The monoisotopic (exact) mass is 197 g/mol. The minimum absolute atomic E-state index is 0.0587. The highest BCUT2D eigenvalue weighted by Gasteiger charge is 2.23. The van der Waals surface area contributed by atoms with Crippen LogP contribution in [0.15, 0.2) is 24.5 Å². The van der Waals surface area contributed by atoms with Crippen molar-refractivity contribution in [3.05, 3.63) is 30.1 Å². The van der Waals surface area contributed by atoms with Gasteiger partial charge in [-0.2, -0.15) is 0 Å². The normalized spacial score (nSPS) is 15.1. The molecule has 4 nitrogen and oxygen atoms in total. The van der Waals surface area contributed by atoms with E-state index in [4.69, 9.17) is 9.84 Å². The second-order valence-electron chi connectivity index (χ2n) is 3.15. The van der Waals surface area contributed by atoms with Gasteiger partial charge in [0.1, 0.15) is 0 Å². The van der Waals surface area contributed by atoms with Gasteiger partial charge in [-0.1, -0.05) is 6.07 Å². The second kappa shape index (κ2) is 5.05. The Morgan fingerprint density at radius 3 is 2.93 bits per heavy atom. The summed E-state index contributed by atoms with van der Waals surface area (Å²) in [5.74, 6) is -1.33. The first-order valence-electron chi connectivity index (χ1n) is 4.54. The van der Waals surface area contributed by atoms with Crippen molar-refractivity contribution < 1.29 is 14.9 Å². The van der Waals surface area contributed by atoms with Gasteiger partial charge in [0.25, 0.3) is 0 Å². The summed E-state index contributed by atoms with van der Waals surface area (Å²) in [5, 5.41) is 18.4. The van der Waals surface area contributed by atoms with E-state index in [9.17, 15) is 5.11 Å². The molecule has 0 saturated heterocycles. The van der Waals surface area contributed by atoms with Crippen LogP contribution in [-0.4, -0.2) is 28.4 Å². The molecular formula is C10H15NO3. The Morgan fingerprint density at radius 1 is 1.57 bits per heavy atom. The third-order valence-electron chi connectivity index (χ3n) is 1.88. The summed E-state index contributed by atoms with van der Waals surface area (Å²) < 4.78 is 5.21. The average molecular weight is 197 g/mol. The van der Waals surface area contributed by atoms with Crippen molar-refractivity contribution in [2.75, 3.05) is 13.2 Å². The average Bonchev–Trinajstić information content (AvgIpc) is 2.19. The van der Waals surface area contributed by atoms with Gasteiger partial charge in [0.15, 0.2) is 5.79 Å². The van der Waals surface area contributed by atoms with E-state index in [-0.39, 0.29) is 6.61 Å². The summed E-state index contributed by atoms with van der Waals surface area (Å²) in [6.07, 6.45) is 3.70. The topological polar surface area (TPSA) is 62.6 Å². The van der Waals surface area contributed by atoms with Crippen LogP contribution in [0.1, 0.15) is 18.9 Å². The Morgan fingerprint density at radius 2 is 2.36 bits per heavy atom. The van der Waals surface area contributed by atoms with Crippen LogP contribution in [0.2, 0.25) is 0 Å². The number of nitrogens with zero attached hydrogens (tertiary/aromatic N) is 1. The minimum Gasteiger partial charge on any atom is -0.396 e. The zero-order chi connectivity index (χ0) is 10.4. The first-order chi connectivity index (χ1) is 6.67. The lowest BCUT2D eigenvalue weighted by Gasteiger charge is -2.23. The summed E-state index contributed by atoms with van der Waals surface area (Å²) >= 11 is 0. The number of rotatable bonds is 5. The van der Waals surface area contributed by atoms with Gasteiger partial charge in [-0.25, -0.2) is 0 Å². The van der Waals surface area contributed by atoms with Crippen molar-refractivity contribution in [1.82, 2.24) is 4.98 Å². The molecule has 0 aliphatic heterocycles. The summed E-state index contributed by atoms with van der Waals surface area (Å²) in [6.45, 7) is 1.93. The Labute approximate surface area is 83.2 Å². The van der Waals surface area contributed by atoms with Crippen LogP contribution in [0.3, 0.4) is 0 Å². The molecule has 2 N–H and O–H groups in total. The van der Waals surface area contributed by atoms with Crippen LogP contribution in [0.25, 0.3) is 0 Å². The lowest BCUT2D eigenvalue weighted by atomic mass is 10.1. The summed E-state index contributed by atoms with van der Waals surface area (Å²) in [7, 11) is 0.